The van der Waals surface area contributed by atoms with Crippen molar-refractivity contribution < 1.29 is 0 Å². The number of benzene rings is 1. The van der Waals surface area contributed by atoms with Crippen molar-refractivity contribution in [2.45, 2.75) is 26.8 Å². The minimum absolute atomic E-state index is 0.0726. The molecule has 1 atom stereocenters. The molecule has 1 aromatic carbocycles. The zero-order valence-electron chi connectivity index (χ0n) is 10.9. The van der Waals surface area contributed by atoms with Crippen molar-refractivity contribution in [2.75, 3.05) is 0 Å². The predicted molar refractivity (Wildman–Crippen MR) is 75.5 cm³/mol. The molecule has 4 heteroatoms. The van der Waals surface area contributed by atoms with Gasteiger partial charge >= 0.3 is 0 Å². The fraction of sp³-hybridized carbons (Fsp3) is 0.357. The predicted octanol–water partition coefficient (Wildman–Crippen LogP) is 3.69. The minimum Gasteiger partial charge on any atom is -0.344 e. The first kappa shape index (κ1) is 13.1. The Hall–Kier alpha value is -1.32. The Balaban J connectivity index is 2.41. The molecule has 1 unspecified atom stereocenters. The van der Waals surface area contributed by atoms with Crippen molar-refractivity contribution in [1.82, 2.24) is 9.97 Å². The highest BCUT2D eigenvalue weighted by molar-refractivity contribution is 6.30. The molecule has 2 rings (SSSR count). The smallest absolute Gasteiger partial charge is 0.124 e. The third-order valence-electron chi connectivity index (χ3n) is 3.04. The number of nitrogens with one attached hydrogen (secondary N) is 1. The van der Waals surface area contributed by atoms with Gasteiger partial charge in [0, 0.05) is 16.3 Å². The first-order chi connectivity index (χ1) is 8.49. The van der Waals surface area contributed by atoms with Crippen LogP contribution in [0.15, 0.2) is 24.3 Å². The molecule has 0 aliphatic rings. The van der Waals surface area contributed by atoms with Gasteiger partial charge in [-0.25, -0.2) is 4.98 Å². The molecule has 18 heavy (non-hydrogen) atoms. The summed E-state index contributed by atoms with van der Waals surface area (Å²) in [4.78, 5) is 7.87. The largest absolute Gasteiger partial charge is 0.344 e. The number of nitrogens with zero attached hydrogens (tertiary/aromatic N) is 1. The first-order valence-corrected chi connectivity index (χ1v) is 6.45. The summed E-state index contributed by atoms with van der Waals surface area (Å²) in [5, 5.41) is 0.713. The summed E-state index contributed by atoms with van der Waals surface area (Å²) >= 11 is 6.00. The van der Waals surface area contributed by atoms with Crippen LogP contribution in [0.2, 0.25) is 5.02 Å². The molecule has 2 aromatic rings. The van der Waals surface area contributed by atoms with Gasteiger partial charge in [0.15, 0.2) is 0 Å². The van der Waals surface area contributed by atoms with Crippen LogP contribution in [0.25, 0.3) is 11.3 Å². The third-order valence-corrected chi connectivity index (χ3v) is 3.27. The lowest BCUT2D eigenvalue weighted by Crippen LogP contribution is -2.18. The molecule has 0 saturated heterocycles. The Morgan fingerprint density at radius 3 is 2.67 bits per heavy atom. The highest BCUT2D eigenvalue weighted by atomic mass is 35.5. The molecule has 0 radical (unpaired) electrons. The van der Waals surface area contributed by atoms with Crippen molar-refractivity contribution in [3.63, 3.8) is 0 Å². The van der Waals surface area contributed by atoms with Crippen LogP contribution in [-0.4, -0.2) is 9.97 Å². The minimum atomic E-state index is -0.0726. The number of H-pyrrole nitrogens is 1. The zero-order valence-corrected chi connectivity index (χ0v) is 11.6. The molecule has 0 fully saturated rings. The summed E-state index contributed by atoms with van der Waals surface area (Å²) in [6, 6.07) is 7.62. The van der Waals surface area contributed by atoms with E-state index in [1.807, 2.05) is 31.2 Å². The monoisotopic (exact) mass is 263 g/mol. The molecule has 0 aliphatic carbocycles. The fourth-order valence-corrected chi connectivity index (χ4v) is 2.06. The van der Waals surface area contributed by atoms with Crippen molar-refractivity contribution in [3.8, 4) is 11.3 Å². The molecular weight excluding hydrogens is 246 g/mol. The molecule has 3 N–H and O–H groups in total. The van der Waals surface area contributed by atoms with Gasteiger partial charge in [0.1, 0.15) is 5.82 Å². The van der Waals surface area contributed by atoms with Gasteiger partial charge in [-0.1, -0.05) is 37.6 Å². The Kier molecular flexibility index (Phi) is 3.73. The molecule has 0 bridgehead atoms. The van der Waals surface area contributed by atoms with Crippen molar-refractivity contribution >= 4 is 11.6 Å². The van der Waals surface area contributed by atoms with E-state index in [4.69, 9.17) is 17.3 Å². The van der Waals surface area contributed by atoms with E-state index in [0.717, 1.165) is 22.8 Å². The summed E-state index contributed by atoms with van der Waals surface area (Å²) in [5.41, 5.74) is 9.06. The molecule has 1 aromatic heterocycles. The van der Waals surface area contributed by atoms with Crippen molar-refractivity contribution in [1.29, 1.82) is 0 Å². The maximum absolute atomic E-state index is 6.11. The quantitative estimate of drug-likeness (QED) is 0.887. The number of aryl methyl sites for hydroxylation is 1. The molecule has 3 nitrogen and oxygen atoms in total. The van der Waals surface area contributed by atoms with Gasteiger partial charge in [-0.2, -0.15) is 0 Å². The second-order valence-electron chi connectivity index (χ2n) is 4.88. The number of halogens is 1. The van der Waals surface area contributed by atoms with Crippen LogP contribution < -0.4 is 5.73 Å². The average molecular weight is 264 g/mol. The van der Waals surface area contributed by atoms with E-state index in [-0.39, 0.29) is 6.04 Å². The molecule has 96 valence electrons. The first-order valence-electron chi connectivity index (χ1n) is 6.07. The van der Waals surface area contributed by atoms with E-state index >= 15 is 0 Å². The Bertz CT molecular complexity index is 546. The topological polar surface area (TPSA) is 54.7 Å². The Morgan fingerprint density at radius 1 is 1.33 bits per heavy atom. The fourth-order valence-electron chi connectivity index (χ4n) is 1.87. The second-order valence-corrected chi connectivity index (χ2v) is 5.31. The second kappa shape index (κ2) is 5.12. The van der Waals surface area contributed by atoms with Crippen LogP contribution in [0.3, 0.4) is 0 Å². The summed E-state index contributed by atoms with van der Waals surface area (Å²) < 4.78 is 0. The van der Waals surface area contributed by atoms with Crippen molar-refractivity contribution in [3.05, 3.63) is 40.8 Å². The lowest BCUT2D eigenvalue weighted by atomic mass is 10.1. The number of aromatic nitrogens is 2. The van der Waals surface area contributed by atoms with E-state index < -0.39 is 0 Å². The molecule has 0 aliphatic heterocycles. The molecule has 0 saturated carbocycles. The average Bonchev–Trinajstić information content (AvgIpc) is 2.70. The molecular formula is C14H18ClN3. The highest BCUT2D eigenvalue weighted by Crippen LogP contribution is 2.26. The third kappa shape index (κ3) is 2.57. The standard InChI is InChI=1S/C14H18ClN3/c1-8(2)12(16)14-17-9(3)13(18-14)10-5-4-6-11(15)7-10/h4-8,12H,16H2,1-3H3,(H,17,18). The summed E-state index contributed by atoms with van der Waals surface area (Å²) in [6.07, 6.45) is 0. The van der Waals surface area contributed by atoms with Gasteiger partial charge in [0.2, 0.25) is 0 Å². The van der Waals surface area contributed by atoms with Gasteiger partial charge in [0.25, 0.3) is 0 Å². The van der Waals surface area contributed by atoms with Crippen LogP contribution in [0.4, 0.5) is 0 Å². The number of rotatable bonds is 3. The SMILES string of the molecule is Cc1[nH]c(C(N)C(C)C)nc1-c1cccc(Cl)c1. The normalized spacial score (nSPS) is 13.0. The molecule has 1 heterocycles. The maximum atomic E-state index is 6.11. The number of imidazole rings is 1. The lowest BCUT2D eigenvalue weighted by Gasteiger charge is -2.11. The van der Waals surface area contributed by atoms with Crippen molar-refractivity contribution in [2.24, 2.45) is 11.7 Å². The molecule has 0 spiro atoms. The lowest BCUT2D eigenvalue weighted by molar-refractivity contribution is 0.494. The van der Waals surface area contributed by atoms with Gasteiger partial charge < -0.3 is 10.7 Å². The zero-order chi connectivity index (χ0) is 13.3. The number of hydrogen-bond acceptors (Lipinski definition) is 2. The van der Waals surface area contributed by atoms with Crippen LogP contribution in [0.5, 0.6) is 0 Å². The van der Waals surface area contributed by atoms with E-state index in [9.17, 15) is 0 Å². The number of hydrogen-bond donors (Lipinski definition) is 2. The molecule has 0 amide bonds. The number of nitrogens with two attached hydrogens (primary N) is 1. The van der Waals surface area contributed by atoms with Crippen LogP contribution in [-0.2, 0) is 0 Å². The van der Waals surface area contributed by atoms with E-state index in [1.54, 1.807) is 0 Å². The summed E-state index contributed by atoms with van der Waals surface area (Å²) in [5.74, 6) is 1.18. The van der Waals surface area contributed by atoms with Gasteiger partial charge in [-0.05, 0) is 25.0 Å². The highest BCUT2D eigenvalue weighted by Gasteiger charge is 2.17. The number of aromatic amines is 1. The van der Waals surface area contributed by atoms with E-state index in [2.05, 4.69) is 23.8 Å². The van der Waals surface area contributed by atoms with E-state index in [0.29, 0.717) is 10.9 Å². The maximum Gasteiger partial charge on any atom is 0.124 e. The van der Waals surface area contributed by atoms with Gasteiger partial charge in [-0.3, -0.25) is 0 Å². The Labute approximate surface area is 112 Å². The van der Waals surface area contributed by atoms with Gasteiger partial charge in [-0.15, -0.1) is 0 Å². The van der Waals surface area contributed by atoms with Gasteiger partial charge in [0.05, 0.1) is 11.7 Å². The van der Waals surface area contributed by atoms with Crippen LogP contribution >= 0.6 is 11.6 Å². The van der Waals surface area contributed by atoms with E-state index in [1.165, 1.54) is 0 Å². The summed E-state index contributed by atoms with van der Waals surface area (Å²) in [7, 11) is 0. The summed E-state index contributed by atoms with van der Waals surface area (Å²) in [6.45, 7) is 6.17. The van der Waals surface area contributed by atoms with Crippen LogP contribution in [0.1, 0.15) is 31.4 Å². The van der Waals surface area contributed by atoms with Crippen LogP contribution in [0, 0.1) is 12.8 Å². The Morgan fingerprint density at radius 2 is 2.06 bits per heavy atom.